The van der Waals surface area contributed by atoms with E-state index in [1.165, 1.54) is 44.1 Å². The lowest BCUT2D eigenvalue weighted by Gasteiger charge is -2.16. The maximum Gasteiger partial charge on any atom is 0.347 e. The molecule has 42 heavy (non-hydrogen) atoms. The molecule has 0 amide bonds. The zero-order chi connectivity index (χ0) is 30.3. The number of esters is 1. The van der Waals surface area contributed by atoms with E-state index in [1.54, 1.807) is 0 Å². The Morgan fingerprint density at radius 2 is 1.64 bits per heavy atom. The summed E-state index contributed by atoms with van der Waals surface area (Å²) in [5.41, 5.74) is 6.98. The normalized spacial score (nSPS) is 11.6. The molecule has 0 aliphatic carbocycles. The van der Waals surface area contributed by atoms with E-state index in [0.29, 0.717) is 12.3 Å². The topological polar surface area (TPSA) is 140 Å². The molecule has 0 bridgehead atoms. The monoisotopic (exact) mass is 578 g/mol. The molecule has 1 heterocycles. The number of aromatic nitrogens is 2. The van der Waals surface area contributed by atoms with Crippen molar-refractivity contribution in [2.45, 2.75) is 91.1 Å². The van der Waals surface area contributed by atoms with Gasteiger partial charge in [-0.15, -0.1) is 0 Å². The number of benzene rings is 2. The molecule has 10 nitrogen and oxygen atoms in total. The van der Waals surface area contributed by atoms with Gasteiger partial charge in [-0.2, -0.15) is 0 Å². The van der Waals surface area contributed by atoms with Crippen molar-refractivity contribution in [1.82, 2.24) is 9.97 Å². The Morgan fingerprint density at radius 1 is 0.952 bits per heavy atom. The number of carbonyl (C=O) groups excluding carboxylic acids is 1. The standard InChI is InChI=1S/C32H42N4O6/c1-4-6-8-10-12-18-40-25-16-14-24(15-17-25)28-21-35-31(22-34-28)42-32(37)26-19-29(36(38)39)30(20-27(26)33)41-23(3)13-11-9-7-5-2/h14-17,19-23H,4-13,18,33H2,1-3H3. The van der Waals surface area contributed by atoms with Crippen LogP contribution >= 0.6 is 0 Å². The van der Waals surface area contributed by atoms with Gasteiger partial charge in [0.2, 0.25) is 5.88 Å². The first-order valence-electron chi connectivity index (χ1n) is 14.8. The largest absolute Gasteiger partial charge is 0.494 e. The fourth-order valence-electron chi connectivity index (χ4n) is 4.42. The van der Waals surface area contributed by atoms with Crippen molar-refractivity contribution >= 4 is 17.3 Å². The maximum atomic E-state index is 12.9. The van der Waals surface area contributed by atoms with Gasteiger partial charge < -0.3 is 19.9 Å². The lowest BCUT2D eigenvalue weighted by atomic mass is 10.1. The van der Waals surface area contributed by atoms with Crippen LogP contribution < -0.4 is 19.9 Å². The zero-order valence-electron chi connectivity index (χ0n) is 24.8. The van der Waals surface area contributed by atoms with Crippen molar-refractivity contribution in [3.63, 3.8) is 0 Å². The Labute approximate surface area is 247 Å². The highest BCUT2D eigenvalue weighted by Crippen LogP contribution is 2.34. The minimum Gasteiger partial charge on any atom is -0.494 e. The number of carbonyl (C=O) groups is 1. The molecule has 226 valence electrons. The van der Waals surface area contributed by atoms with E-state index in [2.05, 4.69) is 23.8 Å². The van der Waals surface area contributed by atoms with Gasteiger partial charge in [0.1, 0.15) is 5.75 Å². The summed E-state index contributed by atoms with van der Waals surface area (Å²) >= 11 is 0. The van der Waals surface area contributed by atoms with E-state index >= 15 is 0 Å². The minimum atomic E-state index is -0.881. The van der Waals surface area contributed by atoms with Crippen LogP contribution in [-0.4, -0.2) is 33.6 Å². The second kappa shape index (κ2) is 16.9. The first kappa shape index (κ1) is 32.3. The van der Waals surface area contributed by atoms with Crippen LogP contribution in [0.15, 0.2) is 48.8 Å². The van der Waals surface area contributed by atoms with E-state index in [9.17, 15) is 14.9 Å². The van der Waals surface area contributed by atoms with Crippen LogP contribution in [0, 0.1) is 10.1 Å². The van der Waals surface area contributed by atoms with Crippen molar-refractivity contribution in [2.24, 2.45) is 0 Å². The molecule has 0 saturated heterocycles. The number of unbranched alkanes of at least 4 members (excludes halogenated alkanes) is 7. The van der Waals surface area contributed by atoms with Gasteiger partial charge in [0.05, 0.1) is 47.0 Å². The van der Waals surface area contributed by atoms with Crippen molar-refractivity contribution in [3.05, 3.63) is 64.5 Å². The van der Waals surface area contributed by atoms with Crippen LogP contribution in [0.1, 0.15) is 95.3 Å². The molecular weight excluding hydrogens is 536 g/mol. The van der Waals surface area contributed by atoms with Crippen LogP contribution in [0.2, 0.25) is 0 Å². The molecule has 0 saturated carbocycles. The summed E-state index contributed by atoms with van der Waals surface area (Å²) in [7, 11) is 0. The highest BCUT2D eigenvalue weighted by atomic mass is 16.6. The lowest BCUT2D eigenvalue weighted by Crippen LogP contribution is -2.16. The lowest BCUT2D eigenvalue weighted by molar-refractivity contribution is -0.386. The van der Waals surface area contributed by atoms with E-state index in [4.69, 9.17) is 19.9 Å². The van der Waals surface area contributed by atoms with Gasteiger partial charge in [0.15, 0.2) is 5.75 Å². The van der Waals surface area contributed by atoms with E-state index in [0.717, 1.165) is 55.9 Å². The first-order valence-corrected chi connectivity index (χ1v) is 14.8. The number of ether oxygens (including phenoxy) is 3. The number of hydrogen-bond donors (Lipinski definition) is 1. The Balaban J connectivity index is 1.60. The molecule has 1 atom stereocenters. The van der Waals surface area contributed by atoms with Crippen molar-refractivity contribution in [2.75, 3.05) is 12.3 Å². The minimum absolute atomic E-state index is 0.00614. The fourth-order valence-corrected chi connectivity index (χ4v) is 4.42. The smallest absolute Gasteiger partial charge is 0.347 e. The molecule has 3 aromatic rings. The predicted molar refractivity (Wildman–Crippen MR) is 163 cm³/mol. The Kier molecular flexibility index (Phi) is 13.0. The molecule has 1 unspecified atom stereocenters. The van der Waals surface area contributed by atoms with Crippen LogP contribution in [0.5, 0.6) is 17.4 Å². The van der Waals surface area contributed by atoms with E-state index in [1.807, 2.05) is 31.2 Å². The maximum absolute atomic E-state index is 12.9. The molecule has 0 fully saturated rings. The third-order valence-electron chi connectivity index (χ3n) is 6.83. The van der Waals surface area contributed by atoms with Gasteiger partial charge >= 0.3 is 11.7 Å². The molecule has 2 N–H and O–H groups in total. The van der Waals surface area contributed by atoms with Crippen LogP contribution in [0.25, 0.3) is 11.3 Å². The number of anilines is 1. The zero-order valence-corrected chi connectivity index (χ0v) is 24.8. The first-order chi connectivity index (χ1) is 20.3. The van der Waals surface area contributed by atoms with Crippen LogP contribution in [0.4, 0.5) is 11.4 Å². The predicted octanol–water partition coefficient (Wildman–Crippen LogP) is 7.94. The highest BCUT2D eigenvalue weighted by Gasteiger charge is 2.24. The SMILES string of the molecule is CCCCCCCOc1ccc(-c2cnc(OC(=O)c3cc([N+](=O)[O-])c(OC(C)CCCCCC)cc3N)cn2)cc1. The Morgan fingerprint density at radius 3 is 2.29 bits per heavy atom. The van der Waals surface area contributed by atoms with E-state index in [-0.39, 0.29) is 34.7 Å². The number of nitro groups is 1. The van der Waals surface area contributed by atoms with E-state index < -0.39 is 10.9 Å². The van der Waals surface area contributed by atoms with Crippen molar-refractivity contribution in [3.8, 4) is 28.6 Å². The molecule has 0 spiro atoms. The second-order valence-electron chi connectivity index (χ2n) is 10.4. The third-order valence-corrected chi connectivity index (χ3v) is 6.83. The number of rotatable bonds is 18. The summed E-state index contributed by atoms with van der Waals surface area (Å²) in [5.74, 6) is -0.135. The Bertz CT molecular complexity index is 1280. The molecule has 10 heteroatoms. The van der Waals surface area contributed by atoms with Crippen molar-refractivity contribution < 1.29 is 23.9 Å². The van der Waals surface area contributed by atoms with Gasteiger partial charge in [0, 0.05) is 17.7 Å². The molecule has 0 aliphatic heterocycles. The summed E-state index contributed by atoms with van der Waals surface area (Å²) in [6, 6.07) is 9.91. The molecule has 1 aromatic heterocycles. The number of hydrogen-bond acceptors (Lipinski definition) is 9. The highest BCUT2D eigenvalue weighted by molar-refractivity contribution is 5.97. The van der Waals surface area contributed by atoms with Crippen molar-refractivity contribution in [1.29, 1.82) is 0 Å². The Hall–Kier alpha value is -4.21. The second-order valence-corrected chi connectivity index (χ2v) is 10.4. The number of nitrogen functional groups attached to an aromatic ring is 1. The molecule has 0 aliphatic rings. The molecule has 2 aromatic carbocycles. The van der Waals surface area contributed by atoms with Crippen LogP contribution in [0.3, 0.4) is 0 Å². The molecule has 3 rings (SSSR count). The average Bonchev–Trinajstić information content (AvgIpc) is 2.98. The summed E-state index contributed by atoms with van der Waals surface area (Å²) < 4.78 is 17.0. The summed E-state index contributed by atoms with van der Waals surface area (Å²) in [4.78, 5) is 32.5. The third kappa shape index (κ3) is 10.0. The summed E-state index contributed by atoms with van der Waals surface area (Å²) in [6.45, 7) is 6.87. The summed E-state index contributed by atoms with van der Waals surface area (Å²) in [5, 5.41) is 11.7. The van der Waals surface area contributed by atoms with Gasteiger partial charge in [-0.05, 0) is 50.5 Å². The molecular formula is C32H42N4O6. The number of nitrogens with zero attached hydrogens (tertiary/aromatic N) is 3. The fraction of sp³-hybridized carbons (Fsp3) is 0.469. The van der Waals surface area contributed by atoms with Gasteiger partial charge in [0.25, 0.3) is 0 Å². The van der Waals surface area contributed by atoms with Crippen LogP contribution in [-0.2, 0) is 0 Å². The summed E-state index contributed by atoms with van der Waals surface area (Å²) in [6.07, 6.45) is 13.5. The van der Waals surface area contributed by atoms with Gasteiger partial charge in [-0.25, -0.2) is 14.8 Å². The number of nitro benzene ring substituents is 1. The number of nitrogens with two attached hydrogens (primary N) is 1. The van der Waals surface area contributed by atoms with Gasteiger partial charge in [-0.3, -0.25) is 10.1 Å². The average molecular weight is 579 g/mol. The quantitative estimate of drug-likeness (QED) is 0.0523. The van der Waals surface area contributed by atoms with Gasteiger partial charge in [-0.1, -0.05) is 58.8 Å². The molecule has 0 radical (unpaired) electrons.